The van der Waals surface area contributed by atoms with Crippen LogP contribution in [0.5, 0.6) is 5.75 Å². The first-order valence-electron chi connectivity index (χ1n) is 7.33. The van der Waals surface area contributed by atoms with E-state index in [0.717, 1.165) is 6.26 Å². The van der Waals surface area contributed by atoms with Crippen molar-refractivity contribution in [3.05, 3.63) is 57.6 Å². The Morgan fingerprint density at radius 1 is 1.19 bits per heavy atom. The molecule has 138 valence electrons. The van der Waals surface area contributed by atoms with Gasteiger partial charge in [0, 0.05) is 28.9 Å². The van der Waals surface area contributed by atoms with Gasteiger partial charge in [-0.3, -0.25) is 19.6 Å². The molecule has 0 aliphatic rings. The Balaban J connectivity index is 2.24. The topological polar surface area (TPSA) is 128 Å². The number of nitrogens with zero attached hydrogens (tertiary/aromatic N) is 1. The van der Waals surface area contributed by atoms with Crippen molar-refractivity contribution in [2.45, 2.75) is 6.92 Å². The normalized spacial score (nSPS) is 10.9. The number of nitro benzene ring substituents is 1. The molecule has 0 bridgehead atoms. The number of amides is 1. The summed E-state index contributed by atoms with van der Waals surface area (Å²) in [6, 6.07) is 8.47. The van der Waals surface area contributed by atoms with E-state index in [4.69, 9.17) is 4.74 Å². The SMILES string of the molecule is COc1cc(NC(=O)c2ccc([N+](=O)[O-])c(C)c2)ccc1NS(C)(=O)=O. The summed E-state index contributed by atoms with van der Waals surface area (Å²) in [5.74, 6) is -0.234. The van der Waals surface area contributed by atoms with E-state index < -0.39 is 20.9 Å². The quantitative estimate of drug-likeness (QED) is 0.586. The van der Waals surface area contributed by atoms with Crippen molar-refractivity contribution in [3.8, 4) is 5.75 Å². The van der Waals surface area contributed by atoms with Crippen LogP contribution in [0.3, 0.4) is 0 Å². The third-order valence-electron chi connectivity index (χ3n) is 3.41. The molecule has 0 aromatic heterocycles. The summed E-state index contributed by atoms with van der Waals surface area (Å²) >= 11 is 0. The molecule has 9 nitrogen and oxygen atoms in total. The molecule has 2 N–H and O–H groups in total. The van der Waals surface area contributed by atoms with Crippen molar-refractivity contribution in [1.29, 1.82) is 0 Å². The Kier molecular flexibility index (Phi) is 5.46. The summed E-state index contributed by atoms with van der Waals surface area (Å²) in [6.07, 6.45) is 1.01. The highest BCUT2D eigenvalue weighted by atomic mass is 32.2. The van der Waals surface area contributed by atoms with Gasteiger partial charge in [0.2, 0.25) is 10.0 Å². The maximum absolute atomic E-state index is 12.3. The molecule has 0 aliphatic heterocycles. The van der Waals surface area contributed by atoms with Crippen LogP contribution in [-0.4, -0.2) is 32.6 Å². The van der Waals surface area contributed by atoms with Crippen molar-refractivity contribution < 1.29 is 22.9 Å². The molecule has 0 saturated heterocycles. The Bertz CT molecular complexity index is 972. The van der Waals surface area contributed by atoms with E-state index in [1.807, 2.05) is 0 Å². The molecule has 0 fully saturated rings. The molecule has 0 heterocycles. The van der Waals surface area contributed by atoms with E-state index in [-0.39, 0.29) is 22.7 Å². The number of ether oxygens (including phenoxy) is 1. The van der Waals surface area contributed by atoms with E-state index in [2.05, 4.69) is 10.0 Å². The Hall–Kier alpha value is -3.14. The number of hydrogen-bond acceptors (Lipinski definition) is 6. The maximum Gasteiger partial charge on any atom is 0.272 e. The smallest absolute Gasteiger partial charge is 0.272 e. The second-order valence-electron chi connectivity index (χ2n) is 5.50. The van der Waals surface area contributed by atoms with Crippen LogP contribution in [0.25, 0.3) is 0 Å². The molecule has 1 amide bonds. The minimum atomic E-state index is -3.48. The minimum absolute atomic E-state index is 0.0700. The van der Waals surface area contributed by atoms with Gasteiger partial charge in [0.15, 0.2) is 0 Å². The van der Waals surface area contributed by atoms with Crippen LogP contribution in [0.1, 0.15) is 15.9 Å². The van der Waals surface area contributed by atoms with Crippen LogP contribution in [-0.2, 0) is 10.0 Å². The van der Waals surface area contributed by atoms with Gasteiger partial charge in [-0.1, -0.05) is 0 Å². The van der Waals surface area contributed by atoms with Crippen molar-refractivity contribution in [3.63, 3.8) is 0 Å². The van der Waals surface area contributed by atoms with Crippen molar-refractivity contribution in [2.24, 2.45) is 0 Å². The molecule has 2 aromatic carbocycles. The number of hydrogen-bond donors (Lipinski definition) is 2. The van der Waals surface area contributed by atoms with Crippen LogP contribution in [0.2, 0.25) is 0 Å². The van der Waals surface area contributed by atoms with Crippen LogP contribution in [0, 0.1) is 17.0 Å². The van der Waals surface area contributed by atoms with Crippen LogP contribution in [0.4, 0.5) is 17.1 Å². The second kappa shape index (κ2) is 7.40. The first kappa shape index (κ1) is 19.2. The van der Waals surface area contributed by atoms with Crippen molar-refractivity contribution in [2.75, 3.05) is 23.4 Å². The first-order chi connectivity index (χ1) is 12.1. The lowest BCUT2D eigenvalue weighted by Crippen LogP contribution is -2.13. The fourth-order valence-corrected chi connectivity index (χ4v) is 2.83. The summed E-state index contributed by atoms with van der Waals surface area (Å²) in [6.45, 7) is 1.55. The summed E-state index contributed by atoms with van der Waals surface area (Å²) in [7, 11) is -2.11. The summed E-state index contributed by atoms with van der Waals surface area (Å²) in [5, 5.41) is 13.5. The number of methoxy groups -OCH3 is 1. The van der Waals surface area contributed by atoms with E-state index in [0.29, 0.717) is 11.3 Å². The number of anilines is 2. The van der Waals surface area contributed by atoms with Gasteiger partial charge in [0.25, 0.3) is 11.6 Å². The van der Waals surface area contributed by atoms with Gasteiger partial charge in [-0.05, 0) is 31.2 Å². The molecule has 0 spiro atoms. The molecule has 2 rings (SSSR count). The lowest BCUT2D eigenvalue weighted by Gasteiger charge is -2.12. The highest BCUT2D eigenvalue weighted by Gasteiger charge is 2.15. The number of rotatable bonds is 6. The number of carbonyl (C=O) groups is 1. The molecule has 0 unspecified atom stereocenters. The number of benzene rings is 2. The van der Waals surface area contributed by atoms with Gasteiger partial charge in [-0.25, -0.2) is 8.42 Å². The lowest BCUT2D eigenvalue weighted by atomic mass is 10.1. The number of sulfonamides is 1. The average Bonchev–Trinajstić information content (AvgIpc) is 2.54. The van der Waals surface area contributed by atoms with Crippen molar-refractivity contribution >= 4 is 33.0 Å². The number of nitrogens with one attached hydrogen (secondary N) is 2. The lowest BCUT2D eigenvalue weighted by molar-refractivity contribution is -0.385. The Labute approximate surface area is 150 Å². The fourth-order valence-electron chi connectivity index (χ4n) is 2.26. The highest BCUT2D eigenvalue weighted by molar-refractivity contribution is 7.92. The predicted molar refractivity (Wildman–Crippen MR) is 97.2 cm³/mol. The predicted octanol–water partition coefficient (Wildman–Crippen LogP) is 2.54. The van der Waals surface area contributed by atoms with Gasteiger partial charge >= 0.3 is 0 Å². The van der Waals surface area contributed by atoms with E-state index in [1.54, 1.807) is 6.92 Å². The van der Waals surface area contributed by atoms with Gasteiger partial charge in [-0.15, -0.1) is 0 Å². The molecule has 0 aliphatic carbocycles. The largest absolute Gasteiger partial charge is 0.494 e. The standard InChI is InChI=1S/C16H17N3O6S/c1-10-8-11(4-7-14(10)19(21)22)16(20)17-12-5-6-13(15(9-12)25-2)18-26(3,23)24/h4-9,18H,1-3H3,(H,17,20). The third-order valence-corrected chi connectivity index (χ3v) is 4.00. The number of aryl methyl sites for hydroxylation is 1. The molecular weight excluding hydrogens is 362 g/mol. The van der Waals surface area contributed by atoms with Gasteiger partial charge in [0.1, 0.15) is 5.75 Å². The second-order valence-corrected chi connectivity index (χ2v) is 7.25. The maximum atomic E-state index is 12.3. The zero-order valence-corrected chi connectivity index (χ0v) is 15.1. The van der Waals surface area contributed by atoms with Crippen molar-refractivity contribution in [1.82, 2.24) is 0 Å². The van der Waals surface area contributed by atoms with Gasteiger partial charge < -0.3 is 10.1 Å². The Morgan fingerprint density at radius 3 is 2.42 bits per heavy atom. The fraction of sp³-hybridized carbons (Fsp3) is 0.188. The summed E-state index contributed by atoms with van der Waals surface area (Å²) < 4.78 is 30.1. The van der Waals surface area contributed by atoms with E-state index in [9.17, 15) is 23.3 Å². The summed E-state index contributed by atoms with van der Waals surface area (Å²) in [4.78, 5) is 22.6. The third kappa shape index (κ3) is 4.70. The number of carbonyl (C=O) groups excluding carboxylic acids is 1. The highest BCUT2D eigenvalue weighted by Crippen LogP contribution is 2.29. The zero-order chi connectivity index (χ0) is 19.5. The van der Waals surface area contributed by atoms with Gasteiger partial charge in [0.05, 0.1) is 24.0 Å². The number of nitro groups is 1. The van der Waals surface area contributed by atoms with Gasteiger partial charge in [-0.2, -0.15) is 0 Å². The average molecular weight is 379 g/mol. The van der Waals surface area contributed by atoms with Crippen LogP contribution < -0.4 is 14.8 Å². The monoisotopic (exact) mass is 379 g/mol. The van der Waals surface area contributed by atoms with E-state index >= 15 is 0 Å². The summed E-state index contributed by atoms with van der Waals surface area (Å²) in [5.41, 5.74) is 1.17. The van der Waals surface area contributed by atoms with Crippen LogP contribution >= 0.6 is 0 Å². The molecular formula is C16H17N3O6S. The first-order valence-corrected chi connectivity index (χ1v) is 9.22. The minimum Gasteiger partial charge on any atom is -0.494 e. The molecule has 10 heteroatoms. The molecule has 0 saturated carbocycles. The molecule has 2 aromatic rings. The molecule has 0 radical (unpaired) electrons. The van der Waals surface area contributed by atoms with Crippen LogP contribution in [0.15, 0.2) is 36.4 Å². The van der Waals surface area contributed by atoms with E-state index in [1.165, 1.54) is 43.5 Å². The Morgan fingerprint density at radius 2 is 1.88 bits per heavy atom. The zero-order valence-electron chi connectivity index (χ0n) is 14.3. The molecule has 0 atom stereocenters. The molecule has 26 heavy (non-hydrogen) atoms.